The lowest BCUT2D eigenvalue weighted by atomic mass is 9.92. The van der Waals surface area contributed by atoms with E-state index in [1.165, 1.54) is 19.1 Å². The van der Waals surface area contributed by atoms with Crippen LogP contribution in [0.5, 0.6) is 5.75 Å². The van der Waals surface area contributed by atoms with Crippen molar-refractivity contribution in [2.24, 2.45) is 0 Å². The molecule has 0 fully saturated rings. The first-order valence-electron chi connectivity index (χ1n) is 7.48. The summed E-state index contributed by atoms with van der Waals surface area (Å²) in [5.41, 5.74) is 2.71. The number of rotatable bonds is 4. The van der Waals surface area contributed by atoms with Crippen molar-refractivity contribution in [3.63, 3.8) is 0 Å². The van der Waals surface area contributed by atoms with Gasteiger partial charge in [0, 0.05) is 6.07 Å². The SMILES string of the molecule is COc1ccc(NS(=O)(=O)c2ccc3c(c2)CCCC3)c(Cl)c1. The van der Waals surface area contributed by atoms with Gasteiger partial charge >= 0.3 is 0 Å². The Kier molecular flexibility index (Phi) is 4.50. The molecule has 0 aliphatic heterocycles. The summed E-state index contributed by atoms with van der Waals surface area (Å²) in [6, 6.07) is 10.2. The lowest BCUT2D eigenvalue weighted by Gasteiger charge is -2.17. The van der Waals surface area contributed by atoms with E-state index in [0.29, 0.717) is 16.5 Å². The Bertz CT molecular complexity index is 834. The van der Waals surface area contributed by atoms with Crippen LogP contribution in [0.15, 0.2) is 41.3 Å². The Morgan fingerprint density at radius 3 is 2.48 bits per heavy atom. The van der Waals surface area contributed by atoms with Crippen LogP contribution >= 0.6 is 11.6 Å². The highest BCUT2D eigenvalue weighted by Crippen LogP contribution is 2.30. The molecule has 0 atom stereocenters. The molecule has 0 radical (unpaired) electrons. The second-order valence-electron chi connectivity index (χ2n) is 5.59. The summed E-state index contributed by atoms with van der Waals surface area (Å²) in [5, 5.41) is 0.297. The van der Waals surface area contributed by atoms with Crippen molar-refractivity contribution in [3.05, 3.63) is 52.5 Å². The number of aryl methyl sites for hydroxylation is 2. The van der Waals surface area contributed by atoms with Crippen LogP contribution in [0.2, 0.25) is 5.02 Å². The molecule has 23 heavy (non-hydrogen) atoms. The fourth-order valence-electron chi connectivity index (χ4n) is 2.79. The topological polar surface area (TPSA) is 55.4 Å². The summed E-state index contributed by atoms with van der Waals surface area (Å²) in [4.78, 5) is 0.269. The summed E-state index contributed by atoms with van der Waals surface area (Å²) < 4.78 is 32.8. The number of hydrogen-bond acceptors (Lipinski definition) is 3. The standard InChI is InChI=1S/C17H18ClNO3S/c1-22-14-7-9-17(16(18)11-14)19-23(20,21)15-8-6-12-4-2-3-5-13(12)10-15/h6-11,19H,2-5H2,1H3. The molecule has 1 aliphatic carbocycles. The molecule has 0 aromatic heterocycles. The maximum Gasteiger partial charge on any atom is 0.261 e. The first-order valence-corrected chi connectivity index (χ1v) is 9.34. The van der Waals surface area contributed by atoms with E-state index in [0.717, 1.165) is 24.8 Å². The molecule has 0 bridgehead atoms. The number of benzene rings is 2. The maximum atomic E-state index is 12.6. The molecule has 0 unspecified atom stereocenters. The zero-order chi connectivity index (χ0) is 16.4. The van der Waals surface area contributed by atoms with Crippen LogP contribution in [0.25, 0.3) is 0 Å². The minimum absolute atomic E-state index is 0.269. The highest BCUT2D eigenvalue weighted by atomic mass is 35.5. The minimum Gasteiger partial charge on any atom is -0.497 e. The molecule has 4 nitrogen and oxygen atoms in total. The van der Waals surface area contributed by atoms with Gasteiger partial charge in [-0.15, -0.1) is 0 Å². The summed E-state index contributed by atoms with van der Waals surface area (Å²) >= 11 is 6.11. The van der Waals surface area contributed by atoms with E-state index in [-0.39, 0.29) is 4.90 Å². The predicted molar refractivity (Wildman–Crippen MR) is 91.9 cm³/mol. The average molecular weight is 352 g/mol. The molecule has 6 heteroatoms. The number of hydrogen-bond donors (Lipinski definition) is 1. The zero-order valence-corrected chi connectivity index (χ0v) is 14.4. The fourth-order valence-corrected chi connectivity index (χ4v) is 4.19. The zero-order valence-electron chi connectivity index (χ0n) is 12.8. The van der Waals surface area contributed by atoms with Crippen LogP contribution in [-0.4, -0.2) is 15.5 Å². The lowest BCUT2D eigenvalue weighted by Crippen LogP contribution is -2.14. The van der Waals surface area contributed by atoms with Crippen molar-refractivity contribution in [3.8, 4) is 5.75 Å². The summed E-state index contributed by atoms with van der Waals surface area (Å²) in [7, 11) is -2.13. The third-order valence-corrected chi connectivity index (χ3v) is 5.73. The number of nitrogens with one attached hydrogen (secondary N) is 1. The summed E-state index contributed by atoms with van der Waals surface area (Å²) in [6.07, 6.45) is 4.22. The van der Waals surface area contributed by atoms with Gasteiger partial charge in [-0.05, 0) is 61.1 Å². The first-order chi connectivity index (χ1) is 11.0. The van der Waals surface area contributed by atoms with Gasteiger partial charge in [-0.3, -0.25) is 4.72 Å². The lowest BCUT2D eigenvalue weighted by molar-refractivity contribution is 0.415. The molecule has 0 amide bonds. The number of halogens is 1. The predicted octanol–water partition coefficient (Wildman–Crippen LogP) is 4.03. The van der Waals surface area contributed by atoms with Gasteiger partial charge in [0.1, 0.15) is 5.75 Å². The monoisotopic (exact) mass is 351 g/mol. The Hall–Kier alpha value is -1.72. The second kappa shape index (κ2) is 6.42. The van der Waals surface area contributed by atoms with E-state index < -0.39 is 10.0 Å². The van der Waals surface area contributed by atoms with Crippen molar-refractivity contribution in [2.45, 2.75) is 30.6 Å². The maximum absolute atomic E-state index is 12.6. The van der Waals surface area contributed by atoms with Gasteiger partial charge in [0.15, 0.2) is 0 Å². The molecule has 3 rings (SSSR count). The van der Waals surface area contributed by atoms with Crippen LogP contribution in [0.3, 0.4) is 0 Å². The molecule has 2 aromatic rings. The Balaban J connectivity index is 1.90. The number of methoxy groups -OCH3 is 1. The van der Waals surface area contributed by atoms with Gasteiger partial charge in [-0.25, -0.2) is 8.42 Å². The van der Waals surface area contributed by atoms with E-state index in [9.17, 15) is 8.42 Å². The largest absolute Gasteiger partial charge is 0.497 e. The fraction of sp³-hybridized carbons (Fsp3) is 0.294. The molecule has 1 N–H and O–H groups in total. The molecule has 0 spiro atoms. The normalized spacial score (nSPS) is 14.2. The highest BCUT2D eigenvalue weighted by Gasteiger charge is 2.19. The van der Waals surface area contributed by atoms with Crippen LogP contribution in [-0.2, 0) is 22.9 Å². The van der Waals surface area contributed by atoms with Gasteiger partial charge in [-0.1, -0.05) is 17.7 Å². The Morgan fingerprint density at radius 1 is 1.04 bits per heavy atom. The smallest absolute Gasteiger partial charge is 0.261 e. The third kappa shape index (κ3) is 3.46. The minimum atomic E-state index is -3.66. The van der Waals surface area contributed by atoms with Gasteiger partial charge < -0.3 is 4.74 Å². The molecule has 1 aliphatic rings. The number of fused-ring (bicyclic) bond motifs is 1. The van der Waals surface area contributed by atoms with Crippen molar-refractivity contribution >= 4 is 27.3 Å². The quantitative estimate of drug-likeness (QED) is 0.904. The highest BCUT2D eigenvalue weighted by molar-refractivity contribution is 7.92. The average Bonchev–Trinajstić information content (AvgIpc) is 2.56. The molecule has 0 saturated heterocycles. The molecule has 0 saturated carbocycles. The Morgan fingerprint density at radius 2 is 1.78 bits per heavy atom. The molecular weight excluding hydrogens is 334 g/mol. The number of ether oxygens (including phenoxy) is 1. The van der Waals surface area contributed by atoms with Crippen molar-refractivity contribution in [1.82, 2.24) is 0 Å². The van der Waals surface area contributed by atoms with Crippen molar-refractivity contribution in [1.29, 1.82) is 0 Å². The Labute approximate surface area is 141 Å². The van der Waals surface area contributed by atoms with Gasteiger partial charge in [0.25, 0.3) is 10.0 Å². The van der Waals surface area contributed by atoms with Crippen LogP contribution in [0, 0.1) is 0 Å². The summed E-state index contributed by atoms with van der Waals surface area (Å²) in [5.74, 6) is 0.576. The number of sulfonamides is 1. The second-order valence-corrected chi connectivity index (χ2v) is 7.68. The molecular formula is C17H18ClNO3S. The van der Waals surface area contributed by atoms with Gasteiger partial charge in [0.2, 0.25) is 0 Å². The van der Waals surface area contributed by atoms with Gasteiger partial charge in [0.05, 0.1) is 22.7 Å². The van der Waals surface area contributed by atoms with E-state index in [1.807, 2.05) is 6.07 Å². The third-order valence-electron chi connectivity index (χ3n) is 4.05. The van der Waals surface area contributed by atoms with E-state index in [2.05, 4.69) is 4.72 Å². The van der Waals surface area contributed by atoms with Crippen LogP contribution < -0.4 is 9.46 Å². The number of anilines is 1. The van der Waals surface area contributed by atoms with Gasteiger partial charge in [-0.2, -0.15) is 0 Å². The molecule has 2 aromatic carbocycles. The van der Waals surface area contributed by atoms with E-state index in [4.69, 9.17) is 16.3 Å². The van der Waals surface area contributed by atoms with Crippen molar-refractivity contribution in [2.75, 3.05) is 11.8 Å². The van der Waals surface area contributed by atoms with E-state index >= 15 is 0 Å². The first kappa shape index (κ1) is 16.1. The molecule has 122 valence electrons. The summed E-state index contributed by atoms with van der Waals surface area (Å²) in [6.45, 7) is 0. The van der Waals surface area contributed by atoms with Crippen LogP contribution in [0.1, 0.15) is 24.0 Å². The van der Waals surface area contributed by atoms with Crippen LogP contribution in [0.4, 0.5) is 5.69 Å². The molecule has 0 heterocycles. The van der Waals surface area contributed by atoms with Crippen molar-refractivity contribution < 1.29 is 13.2 Å². The van der Waals surface area contributed by atoms with E-state index in [1.54, 1.807) is 30.3 Å².